The Morgan fingerprint density at radius 2 is 1.81 bits per heavy atom. The van der Waals surface area contributed by atoms with Crippen LogP contribution in [0.1, 0.15) is 62.9 Å². The average Bonchev–Trinajstić information content (AvgIpc) is 2.69. The number of hydrogen-bond donors (Lipinski definition) is 1. The highest BCUT2D eigenvalue weighted by atomic mass is 19.4. The number of nitrogens with one attached hydrogen (secondary N) is 1. The van der Waals surface area contributed by atoms with E-state index >= 15 is 0 Å². The van der Waals surface area contributed by atoms with Crippen molar-refractivity contribution in [3.8, 4) is 0 Å². The number of benzene rings is 1. The van der Waals surface area contributed by atoms with Crippen molar-refractivity contribution in [2.45, 2.75) is 64.8 Å². The van der Waals surface area contributed by atoms with Crippen molar-refractivity contribution in [1.82, 2.24) is 4.90 Å². The second-order valence-corrected chi connectivity index (χ2v) is 8.71. The predicted molar refractivity (Wildman–Crippen MR) is 111 cm³/mol. The fourth-order valence-corrected chi connectivity index (χ4v) is 3.72. The van der Waals surface area contributed by atoms with Gasteiger partial charge in [0.05, 0.1) is 18.2 Å². The van der Waals surface area contributed by atoms with Crippen LogP contribution in [0.15, 0.2) is 18.2 Å². The standard InChI is InChI=1S/C22H31F3N2O4/c1-6-17(14-9-11-27(12-10-14)20(29)31-21(2,3)4)26-18-13-15(19(28)30-5)7-8-16(18)22(23,24)25/h7-8,13-14,17,26H,6,9-12H2,1-5H3. The molecule has 1 aliphatic rings. The number of nitrogens with zero attached hydrogens (tertiary/aromatic N) is 1. The van der Waals surface area contributed by atoms with E-state index in [0.29, 0.717) is 32.4 Å². The summed E-state index contributed by atoms with van der Waals surface area (Å²) in [6.45, 7) is 8.26. The molecule has 0 saturated carbocycles. The van der Waals surface area contributed by atoms with Gasteiger partial charge in [0, 0.05) is 24.8 Å². The van der Waals surface area contributed by atoms with Gasteiger partial charge >= 0.3 is 18.2 Å². The maximum atomic E-state index is 13.5. The fraction of sp³-hybridized carbons (Fsp3) is 0.636. The fourth-order valence-electron chi connectivity index (χ4n) is 3.72. The number of rotatable bonds is 5. The summed E-state index contributed by atoms with van der Waals surface area (Å²) in [6.07, 6.45) is -3.06. The van der Waals surface area contributed by atoms with Gasteiger partial charge in [-0.2, -0.15) is 13.2 Å². The van der Waals surface area contributed by atoms with Gasteiger partial charge in [0.25, 0.3) is 0 Å². The van der Waals surface area contributed by atoms with Crippen LogP contribution in [0, 0.1) is 5.92 Å². The van der Waals surface area contributed by atoms with Gasteiger partial charge in [0.15, 0.2) is 0 Å². The maximum Gasteiger partial charge on any atom is 0.418 e. The molecule has 1 aromatic carbocycles. The zero-order valence-electron chi connectivity index (χ0n) is 18.6. The SMILES string of the molecule is CCC(Nc1cc(C(=O)OC)ccc1C(F)(F)F)C1CCN(C(=O)OC(C)(C)C)CC1. The lowest BCUT2D eigenvalue weighted by atomic mass is 9.87. The Morgan fingerprint density at radius 1 is 1.19 bits per heavy atom. The topological polar surface area (TPSA) is 67.9 Å². The number of likely N-dealkylation sites (tertiary alicyclic amines) is 1. The van der Waals surface area contributed by atoms with E-state index in [1.54, 1.807) is 25.7 Å². The first-order valence-corrected chi connectivity index (χ1v) is 10.4. The van der Waals surface area contributed by atoms with Gasteiger partial charge in [-0.25, -0.2) is 9.59 Å². The molecular weight excluding hydrogens is 413 g/mol. The number of ether oxygens (including phenoxy) is 2. The smallest absolute Gasteiger partial charge is 0.418 e. The molecule has 1 N–H and O–H groups in total. The normalized spacial score (nSPS) is 16.6. The third kappa shape index (κ3) is 6.77. The largest absolute Gasteiger partial charge is 0.465 e. The highest BCUT2D eigenvalue weighted by Gasteiger charge is 2.36. The molecule has 1 unspecified atom stereocenters. The molecular formula is C22H31F3N2O4. The van der Waals surface area contributed by atoms with Gasteiger partial charge in [-0.3, -0.25) is 0 Å². The molecule has 6 nitrogen and oxygen atoms in total. The van der Waals surface area contributed by atoms with Crippen molar-refractivity contribution in [3.63, 3.8) is 0 Å². The van der Waals surface area contributed by atoms with Crippen LogP contribution in [0.25, 0.3) is 0 Å². The molecule has 1 heterocycles. The number of carbonyl (C=O) groups excluding carboxylic acids is 2. The second kappa shape index (κ2) is 9.78. The molecule has 0 aromatic heterocycles. The summed E-state index contributed by atoms with van der Waals surface area (Å²) >= 11 is 0. The zero-order valence-corrected chi connectivity index (χ0v) is 18.6. The van der Waals surface area contributed by atoms with E-state index < -0.39 is 23.3 Å². The molecule has 2 rings (SSSR count). The van der Waals surface area contributed by atoms with Crippen LogP contribution in [0.2, 0.25) is 0 Å². The molecule has 1 aromatic rings. The van der Waals surface area contributed by atoms with Gasteiger partial charge in [0.1, 0.15) is 5.60 Å². The van der Waals surface area contributed by atoms with Gasteiger partial charge in [-0.1, -0.05) is 6.92 Å². The molecule has 0 spiro atoms. The minimum Gasteiger partial charge on any atom is -0.465 e. The molecule has 1 saturated heterocycles. The molecule has 1 aliphatic heterocycles. The summed E-state index contributed by atoms with van der Waals surface area (Å²) < 4.78 is 50.6. The van der Waals surface area contributed by atoms with Gasteiger partial charge in [-0.15, -0.1) is 0 Å². The first kappa shape index (κ1) is 24.8. The van der Waals surface area contributed by atoms with Gasteiger partial charge in [-0.05, 0) is 64.2 Å². The van der Waals surface area contributed by atoms with Crippen LogP contribution in [0.3, 0.4) is 0 Å². The molecule has 1 atom stereocenters. The van der Waals surface area contributed by atoms with E-state index in [1.165, 1.54) is 13.2 Å². The number of methoxy groups -OCH3 is 1. The highest BCUT2D eigenvalue weighted by Crippen LogP contribution is 2.37. The Morgan fingerprint density at radius 3 is 2.29 bits per heavy atom. The van der Waals surface area contributed by atoms with E-state index in [4.69, 9.17) is 4.74 Å². The Balaban J connectivity index is 2.14. The first-order valence-electron chi connectivity index (χ1n) is 10.4. The highest BCUT2D eigenvalue weighted by molar-refractivity contribution is 5.90. The molecule has 0 aliphatic carbocycles. The Hall–Kier alpha value is -2.45. The van der Waals surface area contributed by atoms with Crippen LogP contribution >= 0.6 is 0 Å². The molecule has 9 heteroatoms. The van der Waals surface area contributed by atoms with Crippen LogP contribution in [-0.4, -0.2) is 48.8 Å². The van der Waals surface area contributed by atoms with Crippen molar-refractivity contribution in [3.05, 3.63) is 29.3 Å². The number of alkyl halides is 3. The summed E-state index contributed by atoms with van der Waals surface area (Å²) in [5.41, 5.74) is -1.51. The van der Waals surface area contributed by atoms with Crippen molar-refractivity contribution in [2.75, 3.05) is 25.5 Å². The third-order valence-electron chi connectivity index (χ3n) is 5.29. The molecule has 174 valence electrons. The lowest BCUT2D eigenvalue weighted by Gasteiger charge is -2.37. The predicted octanol–water partition coefficient (Wildman–Crippen LogP) is 5.33. The van der Waals surface area contributed by atoms with E-state index in [0.717, 1.165) is 12.1 Å². The molecule has 1 fully saturated rings. The Labute approximate surface area is 181 Å². The summed E-state index contributed by atoms with van der Waals surface area (Å²) in [4.78, 5) is 25.7. The van der Waals surface area contributed by atoms with Crippen molar-refractivity contribution in [2.24, 2.45) is 5.92 Å². The number of halogens is 3. The van der Waals surface area contributed by atoms with Crippen LogP contribution in [0.5, 0.6) is 0 Å². The van der Waals surface area contributed by atoms with Gasteiger partial charge in [0.2, 0.25) is 0 Å². The molecule has 1 amide bonds. The number of anilines is 1. The second-order valence-electron chi connectivity index (χ2n) is 8.71. The third-order valence-corrected chi connectivity index (χ3v) is 5.29. The van der Waals surface area contributed by atoms with E-state index in [1.807, 2.05) is 6.92 Å². The summed E-state index contributed by atoms with van der Waals surface area (Å²) in [5.74, 6) is -0.623. The quantitative estimate of drug-likeness (QED) is 0.622. The zero-order chi connectivity index (χ0) is 23.4. The summed E-state index contributed by atoms with van der Waals surface area (Å²) in [6, 6.07) is 2.95. The monoisotopic (exact) mass is 444 g/mol. The summed E-state index contributed by atoms with van der Waals surface area (Å²) in [5, 5.41) is 3.01. The minimum atomic E-state index is -4.56. The van der Waals surface area contributed by atoms with E-state index in [-0.39, 0.29) is 29.3 Å². The van der Waals surface area contributed by atoms with Crippen molar-refractivity contribution >= 4 is 17.7 Å². The maximum absolute atomic E-state index is 13.5. The number of amides is 1. The Bertz CT molecular complexity index is 782. The van der Waals surface area contributed by atoms with E-state index in [2.05, 4.69) is 10.1 Å². The van der Waals surface area contributed by atoms with Gasteiger partial charge < -0.3 is 19.7 Å². The lowest BCUT2D eigenvalue weighted by molar-refractivity contribution is -0.137. The first-order chi connectivity index (χ1) is 14.4. The average molecular weight is 444 g/mol. The van der Waals surface area contributed by atoms with Crippen LogP contribution in [0.4, 0.5) is 23.7 Å². The van der Waals surface area contributed by atoms with Crippen LogP contribution < -0.4 is 5.32 Å². The lowest BCUT2D eigenvalue weighted by Crippen LogP contribution is -2.44. The molecule has 0 radical (unpaired) electrons. The molecule has 31 heavy (non-hydrogen) atoms. The van der Waals surface area contributed by atoms with Crippen molar-refractivity contribution in [1.29, 1.82) is 0 Å². The number of esters is 1. The number of carbonyl (C=O) groups is 2. The van der Waals surface area contributed by atoms with Crippen LogP contribution in [-0.2, 0) is 15.7 Å². The van der Waals surface area contributed by atoms with E-state index in [9.17, 15) is 22.8 Å². The number of piperidine rings is 1. The molecule has 0 bridgehead atoms. The number of hydrogen-bond acceptors (Lipinski definition) is 5. The minimum absolute atomic E-state index is 0.0487. The van der Waals surface area contributed by atoms with Crippen molar-refractivity contribution < 1.29 is 32.2 Å². The Kier molecular flexibility index (Phi) is 7.83. The summed E-state index contributed by atoms with van der Waals surface area (Å²) in [7, 11) is 1.18.